The van der Waals surface area contributed by atoms with Crippen LogP contribution in [0.1, 0.15) is 22.8 Å². The van der Waals surface area contributed by atoms with E-state index in [-0.39, 0.29) is 22.7 Å². The maximum atomic E-state index is 13.3. The lowest BCUT2D eigenvalue weighted by atomic mass is 10.1. The molecule has 0 aliphatic heterocycles. The van der Waals surface area contributed by atoms with Crippen molar-refractivity contribution in [3.63, 3.8) is 0 Å². The van der Waals surface area contributed by atoms with E-state index in [0.717, 1.165) is 30.3 Å². The number of halogens is 4. The van der Waals surface area contributed by atoms with E-state index < -0.39 is 35.9 Å². The molecule has 3 rings (SSSR count). The molecule has 0 atom stereocenters. The van der Waals surface area contributed by atoms with E-state index in [2.05, 4.69) is 15.4 Å². The molecule has 11 heteroatoms. The Balaban J connectivity index is 1.82. The molecule has 1 amide bonds. The third-order valence-corrected chi connectivity index (χ3v) is 3.94. The van der Waals surface area contributed by atoms with Crippen LogP contribution < -0.4 is 10.1 Å². The van der Waals surface area contributed by atoms with Crippen LogP contribution in [0.25, 0.3) is 5.69 Å². The minimum atomic E-state index is -4.62. The Morgan fingerprint density at radius 1 is 1.17 bits per heavy atom. The molecule has 0 radical (unpaired) electrons. The molecule has 3 aromatic rings. The van der Waals surface area contributed by atoms with Crippen LogP contribution in [0.4, 0.5) is 23.2 Å². The van der Waals surface area contributed by atoms with Gasteiger partial charge in [-0.1, -0.05) is 0 Å². The zero-order valence-electron chi connectivity index (χ0n) is 15.4. The van der Waals surface area contributed by atoms with Crippen LogP contribution in [0.5, 0.6) is 5.75 Å². The molecule has 1 aromatic heterocycles. The highest BCUT2D eigenvalue weighted by atomic mass is 19.4. The Morgan fingerprint density at radius 3 is 2.57 bits per heavy atom. The topological polar surface area (TPSA) is 86.1 Å². The number of alkyl halides is 3. The lowest BCUT2D eigenvalue weighted by Gasteiger charge is -2.15. The van der Waals surface area contributed by atoms with Gasteiger partial charge in [-0.2, -0.15) is 18.3 Å². The maximum Gasteiger partial charge on any atom is 0.416 e. The van der Waals surface area contributed by atoms with E-state index in [9.17, 15) is 27.2 Å². The average Bonchev–Trinajstić information content (AvgIpc) is 3.20. The molecule has 7 nitrogen and oxygen atoms in total. The van der Waals surface area contributed by atoms with Gasteiger partial charge in [-0.25, -0.2) is 14.1 Å². The van der Waals surface area contributed by atoms with Crippen LogP contribution in [0.3, 0.4) is 0 Å². The van der Waals surface area contributed by atoms with E-state index in [1.54, 1.807) is 0 Å². The van der Waals surface area contributed by atoms with Crippen molar-refractivity contribution in [1.29, 1.82) is 0 Å². The van der Waals surface area contributed by atoms with E-state index in [4.69, 9.17) is 4.74 Å². The number of Topliss-reactive ketones (excluding diaryl/α,β-unsaturated/α-hetero) is 1. The number of benzene rings is 2. The van der Waals surface area contributed by atoms with Crippen molar-refractivity contribution in [1.82, 2.24) is 14.8 Å². The fourth-order valence-corrected chi connectivity index (χ4v) is 2.58. The molecule has 0 aliphatic carbocycles. The third kappa shape index (κ3) is 4.80. The van der Waals surface area contributed by atoms with Crippen LogP contribution in [-0.4, -0.2) is 33.1 Å². The first-order chi connectivity index (χ1) is 14.1. The molecule has 0 aliphatic rings. The van der Waals surface area contributed by atoms with E-state index >= 15 is 0 Å². The van der Waals surface area contributed by atoms with Crippen LogP contribution >= 0.6 is 0 Å². The van der Waals surface area contributed by atoms with Gasteiger partial charge in [-0.05, 0) is 43.3 Å². The number of anilines is 1. The molecule has 1 heterocycles. The Hall–Kier alpha value is -3.76. The highest BCUT2D eigenvalue weighted by molar-refractivity contribution is 5.97. The number of hydrogen-bond acceptors (Lipinski definition) is 5. The summed E-state index contributed by atoms with van der Waals surface area (Å²) < 4.78 is 59.0. The molecule has 30 heavy (non-hydrogen) atoms. The van der Waals surface area contributed by atoms with Gasteiger partial charge in [0.05, 0.1) is 22.5 Å². The number of nitrogens with zero attached hydrogens (tertiary/aromatic N) is 3. The fraction of sp³-hybridized carbons (Fsp3) is 0.158. The number of ether oxygens (including phenoxy) is 1. The summed E-state index contributed by atoms with van der Waals surface area (Å²) in [6.07, 6.45) is -2.18. The molecule has 0 spiro atoms. The SMILES string of the molecule is CC(=O)c1cc(F)ccc1OCC(=O)Nc1cc(C(F)(F)F)ccc1-n1cncn1. The summed E-state index contributed by atoms with van der Waals surface area (Å²) in [4.78, 5) is 27.6. The van der Waals surface area contributed by atoms with Gasteiger partial charge in [0, 0.05) is 0 Å². The van der Waals surface area contributed by atoms with Crippen molar-refractivity contribution in [3.05, 3.63) is 66.0 Å². The Bertz CT molecular complexity index is 1080. The summed E-state index contributed by atoms with van der Waals surface area (Å²) in [7, 11) is 0. The van der Waals surface area contributed by atoms with Gasteiger partial charge in [0.25, 0.3) is 5.91 Å². The van der Waals surface area contributed by atoms with E-state index in [1.807, 2.05) is 0 Å². The van der Waals surface area contributed by atoms with Gasteiger partial charge in [0.15, 0.2) is 12.4 Å². The Kier molecular flexibility index (Phi) is 5.81. The maximum absolute atomic E-state index is 13.3. The second kappa shape index (κ2) is 8.31. The average molecular weight is 422 g/mol. The number of carbonyl (C=O) groups is 2. The number of nitrogens with one attached hydrogen (secondary N) is 1. The first-order valence-corrected chi connectivity index (χ1v) is 8.44. The smallest absolute Gasteiger partial charge is 0.416 e. The Morgan fingerprint density at radius 2 is 1.93 bits per heavy atom. The molecule has 0 saturated carbocycles. The minimum Gasteiger partial charge on any atom is -0.483 e. The summed E-state index contributed by atoms with van der Waals surface area (Å²) in [6.45, 7) is 0.577. The van der Waals surface area contributed by atoms with Gasteiger partial charge >= 0.3 is 6.18 Å². The highest BCUT2D eigenvalue weighted by Gasteiger charge is 2.31. The zero-order valence-corrected chi connectivity index (χ0v) is 15.4. The van der Waals surface area contributed by atoms with Crippen molar-refractivity contribution in [2.24, 2.45) is 0 Å². The number of rotatable bonds is 6. The van der Waals surface area contributed by atoms with Gasteiger partial charge in [-0.15, -0.1) is 0 Å². The second-order valence-electron chi connectivity index (χ2n) is 6.10. The number of ketones is 1. The van der Waals surface area contributed by atoms with Crippen LogP contribution in [-0.2, 0) is 11.0 Å². The molecule has 0 fully saturated rings. The highest BCUT2D eigenvalue weighted by Crippen LogP contribution is 2.33. The molecule has 0 bridgehead atoms. The quantitative estimate of drug-likeness (QED) is 0.484. The second-order valence-corrected chi connectivity index (χ2v) is 6.10. The molecule has 2 aromatic carbocycles. The predicted molar refractivity (Wildman–Crippen MR) is 96.9 cm³/mol. The summed E-state index contributed by atoms with van der Waals surface area (Å²) in [5.74, 6) is -1.95. The summed E-state index contributed by atoms with van der Waals surface area (Å²) in [5.41, 5.74) is -1.06. The zero-order chi connectivity index (χ0) is 21.9. The number of hydrogen-bond donors (Lipinski definition) is 1. The first kappa shape index (κ1) is 21.0. The van der Waals surface area contributed by atoms with Gasteiger partial charge < -0.3 is 10.1 Å². The van der Waals surface area contributed by atoms with Crippen molar-refractivity contribution in [2.45, 2.75) is 13.1 Å². The largest absolute Gasteiger partial charge is 0.483 e. The number of amides is 1. The number of aromatic nitrogens is 3. The monoisotopic (exact) mass is 422 g/mol. The molecular weight excluding hydrogens is 408 g/mol. The Labute approximate surface area is 167 Å². The van der Waals surface area contributed by atoms with Crippen molar-refractivity contribution < 1.29 is 31.9 Å². The third-order valence-electron chi connectivity index (χ3n) is 3.94. The normalized spacial score (nSPS) is 11.2. The lowest BCUT2D eigenvalue weighted by molar-refractivity contribution is -0.137. The fourth-order valence-electron chi connectivity index (χ4n) is 2.58. The van der Waals surface area contributed by atoms with Gasteiger partial charge in [-0.3, -0.25) is 9.59 Å². The van der Waals surface area contributed by atoms with Crippen molar-refractivity contribution in [2.75, 3.05) is 11.9 Å². The molecule has 156 valence electrons. The first-order valence-electron chi connectivity index (χ1n) is 8.44. The summed E-state index contributed by atoms with van der Waals surface area (Å²) in [6, 6.07) is 5.95. The number of carbonyl (C=O) groups excluding carboxylic acids is 2. The molecule has 0 unspecified atom stereocenters. The van der Waals surface area contributed by atoms with E-state index in [0.29, 0.717) is 0 Å². The lowest BCUT2D eigenvalue weighted by Crippen LogP contribution is -2.22. The van der Waals surface area contributed by atoms with E-state index in [1.165, 1.54) is 30.3 Å². The van der Waals surface area contributed by atoms with Crippen LogP contribution in [0.15, 0.2) is 49.1 Å². The van der Waals surface area contributed by atoms with Gasteiger partial charge in [0.2, 0.25) is 0 Å². The van der Waals surface area contributed by atoms with Gasteiger partial charge in [0.1, 0.15) is 24.2 Å². The predicted octanol–water partition coefficient (Wildman–Crippen LogP) is 3.65. The summed E-state index contributed by atoms with van der Waals surface area (Å²) >= 11 is 0. The molecule has 1 N–H and O–H groups in total. The molecular formula is C19H14F4N4O3. The van der Waals surface area contributed by atoms with Crippen LogP contribution in [0, 0.1) is 5.82 Å². The van der Waals surface area contributed by atoms with Crippen molar-refractivity contribution in [3.8, 4) is 11.4 Å². The molecule has 0 saturated heterocycles. The standard InChI is InChI=1S/C19H14F4N4O3/c1-11(28)14-7-13(20)3-5-17(14)30-8-18(29)26-15-6-12(19(21,22)23)2-4-16(15)27-10-24-9-25-27/h2-7,9-10H,8H2,1H3,(H,26,29). The summed E-state index contributed by atoms with van der Waals surface area (Å²) in [5, 5.41) is 6.18. The van der Waals surface area contributed by atoms with Crippen molar-refractivity contribution >= 4 is 17.4 Å². The minimum absolute atomic E-state index is 0.0282. The van der Waals surface area contributed by atoms with Crippen LogP contribution in [0.2, 0.25) is 0 Å².